The molecule has 0 unspecified atom stereocenters. The van der Waals surface area contributed by atoms with E-state index in [1.165, 1.54) is 0 Å². The molecule has 2 rings (SSSR count). The van der Waals surface area contributed by atoms with Gasteiger partial charge >= 0.3 is 0 Å². The van der Waals surface area contributed by atoms with Crippen LogP contribution in [0.25, 0.3) is 0 Å². The molecule has 0 fully saturated rings. The topological polar surface area (TPSA) is 35.0 Å². The zero-order valence-electron chi connectivity index (χ0n) is 7.18. The van der Waals surface area contributed by atoms with Crippen molar-refractivity contribution in [3.05, 3.63) is 39.9 Å². The van der Waals surface area contributed by atoms with Crippen LogP contribution in [-0.4, -0.2) is 9.97 Å². The van der Waals surface area contributed by atoms with Crippen LogP contribution in [0.3, 0.4) is 0 Å². The average Bonchev–Trinajstić information content (AvgIpc) is 2.69. The number of hydrogen-bond donors (Lipinski definition) is 0. The minimum absolute atomic E-state index is 0.411. The van der Waals surface area contributed by atoms with Crippen molar-refractivity contribution >= 4 is 22.9 Å². The summed E-state index contributed by atoms with van der Waals surface area (Å²) in [6, 6.07) is 3.50. The summed E-state index contributed by atoms with van der Waals surface area (Å²) < 4.78 is 5.39. The van der Waals surface area contributed by atoms with E-state index in [0.29, 0.717) is 17.5 Å². The Labute approximate surface area is 90.3 Å². The molecule has 3 nitrogen and oxygen atoms in total. The Morgan fingerprint density at radius 3 is 3.00 bits per heavy atom. The lowest BCUT2D eigenvalue weighted by molar-refractivity contribution is 0.293. The predicted molar refractivity (Wildman–Crippen MR) is 55.7 cm³/mol. The van der Waals surface area contributed by atoms with Gasteiger partial charge in [-0.05, 0) is 12.1 Å². The summed E-state index contributed by atoms with van der Waals surface area (Å²) >= 11 is 7.40. The highest BCUT2D eigenvalue weighted by Crippen LogP contribution is 2.21. The van der Waals surface area contributed by atoms with Gasteiger partial charge in [0.15, 0.2) is 0 Å². The molecule has 5 heteroatoms. The van der Waals surface area contributed by atoms with E-state index >= 15 is 0 Å². The van der Waals surface area contributed by atoms with E-state index < -0.39 is 0 Å². The molecular formula is C9H7ClN2OS. The molecule has 0 aliphatic heterocycles. The molecule has 2 heterocycles. The van der Waals surface area contributed by atoms with E-state index in [1.54, 1.807) is 35.9 Å². The number of halogens is 1. The highest BCUT2D eigenvalue weighted by atomic mass is 35.5. The van der Waals surface area contributed by atoms with Gasteiger partial charge in [0.05, 0.1) is 0 Å². The van der Waals surface area contributed by atoms with Gasteiger partial charge in [0.2, 0.25) is 5.88 Å². The quantitative estimate of drug-likeness (QED) is 0.807. The predicted octanol–water partition coefficient (Wildman–Crippen LogP) is 2.77. The first-order chi connectivity index (χ1) is 6.86. The summed E-state index contributed by atoms with van der Waals surface area (Å²) in [5.74, 6) is 0.448. The Morgan fingerprint density at radius 2 is 2.29 bits per heavy atom. The summed E-state index contributed by atoms with van der Waals surface area (Å²) in [7, 11) is 0. The van der Waals surface area contributed by atoms with E-state index in [4.69, 9.17) is 16.3 Å². The average molecular weight is 227 g/mol. The molecule has 0 N–H and O–H groups in total. The van der Waals surface area contributed by atoms with Crippen molar-refractivity contribution in [2.75, 3.05) is 0 Å². The lowest BCUT2D eigenvalue weighted by Gasteiger charge is -2.03. The first-order valence-electron chi connectivity index (χ1n) is 3.98. The number of ether oxygens (including phenoxy) is 1. The minimum atomic E-state index is 0.411. The molecule has 2 aromatic heterocycles. The van der Waals surface area contributed by atoms with Crippen LogP contribution in [0.4, 0.5) is 0 Å². The van der Waals surface area contributed by atoms with Crippen LogP contribution in [0.1, 0.15) is 5.01 Å². The van der Waals surface area contributed by atoms with Gasteiger partial charge in [-0.1, -0.05) is 11.6 Å². The van der Waals surface area contributed by atoms with E-state index in [9.17, 15) is 0 Å². The van der Waals surface area contributed by atoms with E-state index in [1.807, 2.05) is 5.38 Å². The lowest BCUT2D eigenvalue weighted by atomic mass is 10.5. The molecule has 0 amide bonds. The van der Waals surface area contributed by atoms with Gasteiger partial charge < -0.3 is 4.74 Å². The fourth-order valence-electron chi connectivity index (χ4n) is 0.932. The molecule has 2 aromatic rings. The summed E-state index contributed by atoms with van der Waals surface area (Å²) in [5.41, 5.74) is 0. The maximum absolute atomic E-state index is 5.86. The second-order valence-corrected chi connectivity index (χ2v) is 3.89. The van der Waals surface area contributed by atoms with Crippen molar-refractivity contribution in [2.24, 2.45) is 0 Å². The maximum Gasteiger partial charge on any atom is 0.232 e. The fourth-order valence-corrected chi connectivity index (χ4v) is 1.64. The van der Waals surface area contributed by atoms with Gasteiger partial charge in [0, 0.05) is 17.8 Å². The molecule has 0 aliphatic carbocycles. The molecule has 0 bridgehead atoms. The van der Waals surface area contributed by atoms with Crippen LogP contribution in [0.5, 0.6) is 5.88 Å². The third-order valence-corrected chi connectivity index (χ3v) is 2.58. The Hall–Kier alpha value is -1.13. The number of nitrogens with zero attached hydrogens (tertiary/aromatic N) is 2. The van der Waals surface area contributed by atoms with Crippen LogP contribution >= 0.6 is 22.9 Å². The molecule has 0 saturated heterocycles. The molecule has 0 radical (unpaired) electrons. The monoisotopic (exact) mass is 226 g/mol. The lowest BCUT2D eigenvalue weighted by Crippen LogP contribution is -1.96. The van der Waals surface area contributed by atoms with Gasteiger partial charge in [-0.3, -0.25) is 0 Å². The normalized spacial score (nSPS) is 10.1. The van der Waals surface area contributed by atoms with E-state index in [0.717, 1.165) is 5.01 Å². The third kappa shape index (κ3) is 2.21. The number of pyridine rings is 1. The van der Waals surface area contributed by atoms with E-state index in [-0.39, 0.29) is 0 Å². The zero-order valence-corrected chi connectivity index (χ0v) is 8.76. The highest BCUT2D eigenvalue weighted by molar-refractivity contribution is 7.09. The van der Waals surface area contributed by atoms with Crippen LogP contribution < -0.4 is 4.74 Å². The number of hydrogen-bond acceptors (Lipinski definition) is 4. The Kier molecular flexibility index (Phi) is 2.96. The smallest absolute Gasteiger partial charge is 0.232 e. The van der Waals surface area contributed by atoms with E-state index in [2.05, 4.69) is 9.97 Å². The van der Waals surface area contributed by atoms with Crippen LogP contribution in [0.2, 0.25) is 5.02 Å². The fraction of sp³-hybridized carbons (Fsp3) is 0.111. The molecule has 0 spiro atoms. The highest BCUT2D eigenvalue weighted by Gasteiger charge is 2.02. The van der Waals surface area contributed by atoms with Crippen molar-refractivity contribution in [3.8, 4) is 5.88 Å². The van der Waals surface area contributed by atoms with Crippen molar-refractivity contribution in [2.45, 2.75) is 6.61 Å². The molecule has 14 heavy (non-hydrogen) atoms. The van der Waals surface area contributed by atoms with Gasteiger partial charge in [-0.25, -0.2) is 9.97 Å². The Morgan fingerprint density at radius 1 is 1.36 bits per heavy atom. The van der Waals surface area contributed by atoms with Crippen molar-refractivity contribution < 1.29 is 4.74 Å². The maximum atomic E-state index is 5.86. The van der Waals surface area contributed by atoms with Gasteiger partial charge in [0.25, 0.3) is 0 Å². The van der Waals surface area contributed by atoms with Crippen molar-refractivity contribution in [1.82, 2.24) is 9.97 Å². The summed E-state index contributed by atoms with van der Waals surface area (Å²) in [6.45, 7) is 0.411. The summed E-state index contributed by atoms with van der Waals surface area (Å²) in [6.07, 6.45) is 3.38. The molecular weight excluding hydrogens is 220 g/mol. The molecule has 0 atom stereocenters. The van der Waals surface area contributed by atoms with Gasteiger partial charge in [-0.2, -0.15) is 0 Å². The Bertz CT molecular complexity index is 405. The number of thiazole rings is 1. The van der Waals surface area contributed by atoms with Gasteiger partial charge in [0.1, 0.15) is 16.6 Å². The summed E-state index contributed by atoms with van der Waals surface area (Å²) in [4.78, 5) is 8.08. The molecule has 0 saturated carbocycles. The SMILES string of the molecule is Clc1cccnc1OCc1nccs1. The van der Waals surface area contributed by atoms with Crippen LogP contribution in [0.15, 0.2) is 29.9 Å². The summed E-state index contributed by atoms with van der Waals surface area (Å²) in [5, 5.41) is 3.33. The largest absolute Gasteiger partial charge is 0.469 e. The molecule has 0 aromatic carbocycles. The van der Waals surface area contributed by atoms with Crippen LogP contribution in [0, 0.1) is 0 Å². The first kappa shape index (κ1) is 9.43. The van der Waals surface area contributed by atoms with Crippen molar-refractivity contribution in [3.63, 3.8) is 0 Å². The van der Waals surface area contributed by atoms with Gasteiger partial charge in [-0.15, -0.1) is 11.3 Å². The number of rotatable bonds is 3. The number of aromatic nitrogens is 2. The minimum Gasteiger partial charge on any atom is -0.469 e. The second-order valence-electron chi connectivity index (χ2n) is 2.50. The second kappa shape index (κ2) is 4.39. The van der Waals surface area contributed by atoms with Crippen LogP contribution in [-0.2, 0) is 6.61 Å². The Balaban J connectivity index is 2.02. The molecule has 0 aliphatic rings. The standard InChI is InChI=1S/C9H7ClN2OS/c10-7-2-1-3-12-9(7)13-6-8-11-4-5-14-8/h1-5H,6H2. The first-order valence-corrected chi connectivity index (χ1v) is 5.24. The zero-order chi connectivity index (χ0) is 9.80. The molecule has 72 valence electrons. The third-order valence-electron chi connectivity index (χ3n) is 1.54. The van der Waals surface area contributed by atoms with Crippen molar-refractivity contribution in [1.29, 1.82) is 0 Å².